The lowest BCUT2D eigenvalue weighted by molar-refractivity contribution is 0.0581. The van der Waals surface area contributed by atoms with Crippen LogP contribution in [0.1, 0.15) is 54.4 Å². The molecule has 2 fully saturated rings. The van der Waals surface area contributed by atoms with E-state index in [2.05, 4.69) is 16.0 Å². The Bertz CT molecular complexity index is 862. The van der Waals surface area contributed by atoms with Gasteiger partial charge in [-0.1, -0.05) is 23.7 Å². The number of hydrogen-bond donors (Lipinski definition) is 2. The van der Waals surface area contributed by atoms with Crippen LogP contribution in [-0.2, 0) is 5.41 Å². The summed E-state index contributed by atoms with van der Waals surface area (Å²) in [5, 5.41) is 0.749. The fourth-order valence-corrected chi connectivity index (χ4v) is 4.76. The van der Waals surface area contributed by atoms with Gasteiger partial charge in [0.2, 0.25) is 0 Å². The van der Waals surface area contributed by atoms with E-state index in [0.717, 1.165) is 37.3 Å². The first-order valence-electron chi connectivity index (χ1n) is 10.5. The molecule has 1 heterocycles. The fourth-order valence-electron chi connectivity index (χ4n) is 4.57. The number of nitrogen functional groups attached to an aromatic ring is 1. The van der Waals surface area contributed by atoms with E-state index in [4.69, 9.17) is 23.1 Å². The van der Waals surface area contributed by atoms with Crippen LogP contribution in [0.5, 0.6) is 0 Å². The maximum Gasteiger partial charge on any atom is 0.255 e. The number of carbonyl (C=O) groups is 1. The zero-order valence-corrected chi connectivity index (χ0v) is 18.7. The molecule has 0 unspecified atom stereocenters. The van der Waals surface area contributed by atoms with Crippen LogP contribution in [0.3, 0.4) is 0 Å². The average Bonchev–Trinajstić information content (AvgIpc) is 3.56. The molecule has 1 aromatic heterocycles. The number of halogens is 2. The third-order valence-electron chi connectivity index (χ3n) is 6.63. The standard InChI is InChI=1S/C23H29ClN4O.ClH/c24-19-3-1-2-18(12-19)23(15-25)10-8-20(9-11-23)28(14-16-4-5-16)22(29)17-6-7-21(26)27-13-17;/h1-3,6-7,12-13,16,20H,4-5,8-11,14-15,25H2,(H2,26,27);1H. The Labute approximate surface area is 189 Å². The van der Waals surface area contributed by atoms with Crippen LogP contribution in [0.25, 0.3) is 0 Å². The predicted molar refractivity (Wildman–Crippen MR) is 124 cm³/mol. The highest BCUT2D eigenvalue weighted by Gasteiger charge is 2.40. The Morgan fingerprint density at radius 3 is 2.47 bits per heavy atom. The van der Waals surface area contributed by atoms with Crippen molar-refractivity contribution in [1.82, 2.24) is 9.88 Å². The van der Waals surface area contributed by atoms with E-state index in [1.54, 1.807) is 18.3 Å². The number of benzene rings is 1. The first kappa shape index (κ1) is 22.9. The molecule has 0 bridgehead atoms. The molecule has 0 atom stereocenters. The first-order valence-corrected chi connectivity index (χ1v) is 10.9. The lowest BCUT2D eigenvalue weighted by Gasteiger charge is -2.43. The van der Waals surface area contributed by atoms with Gasteiger partial charge in [-0.3, -0.25) is 4.79 Å². The molecule has 0 aliphatic heterocycles. The van der Waals surface area contributed by atoms with E-state index in [-0.39, 0.29) is 29.8 Å². The molecule has 2 aliphatic carbocycles. The molecule has 1 aromatic carbocycles. The van der Waals surface area contributed by atoms with Crippen LogP contribution >= 0.6 is 24.0 Å². The zero-order chi connectivity index (χ0) is 20.4. The average molecular weight is 449 g/mol. The summed E-state index contributed by atoms with van der Waals surface area (Å²) in [6, 6.07) is 11.8. The highest BCUT2D eigenvalue weighted by atomic mass is 35.5. The Hall–Kier alpha value is -1.82. The Balaban J connectivity index is 0.00000256. The number of nitrogens with two attached hydrogens (primary N) is 2. The summed E-state index contributed by atoms with van der Waals surface area (Å²) in [5.74, 6) is 1.13. The number of hydrogen-bond acceptors (Lipinski definition) is 4. The number of aromatic nitrogens is 1. The van der Waals surface area contributed by atoms with Crippen molar-refractivity contribution in [3.05, 3.63) is 58.7 Å². The minimum Gasteiger partial charge on any atom is -0.384 e. The van der Waals surface area contributed by atoms with Crippen molar-refractivity contribution in [2.75, 3.05) is 18.8 Å². The summed E-state index contributed by atoms with van der Waals surface area (Å²) < 4.78 is 0. The molecule has 1 amide bonds. The smallest absolute Gasteiger partial charge is 0.255 e. The van der Waals surface area contributed by atoms with Gasteiger partial charge in [-0.05, 0) is 74.3 Å². The van der Waals surface area contributed by atoms with Crippen molar-refractivity contribution in [2.45, 2.75) is 50.0 Å². The maximum atomic E-state index is 13.3. The second-order valence-electron chi connectivity index (χ2n) is 8.60. The summed E-state index contributed by atoms with van der Waals surface area (Å²) >= 11 is 6.24. The number of carbonyl (C=O) groups excluding carboxylic acids is 1. The van der Waals surface area contributed by atoms with Gasteiger partial charge >= 0.3 is 0 Å². The molecule has 4 N–H and O–H groups in total. The normalized spacial score (nSPS) is 23.5. The van der Waals surface area contributed by atoms with Crippen molar-refractivity contribution >= 4 is 35.7 Å². The van der Waals surface area contributed by atoms with Gasteiger partial charge in [0.1, 0.15) is 5.82 Å². The molecule has 0 saturated heterocycles. The molecular formula is C23H30Cl2N4O. The third kappa shape index (κ3) is 4.90. The van der Waals surface area contributed by atoms with Crippen LogP contribution in [0.4, 0.5) is 5.82 Å². The minimum atomic E-state index is -0.0571. The van der Waals surface area contributed by atoms with Gasteiger partial charge in [-0.2, -0.15) is 0 Å². The summed E-state index contributed by atoms with van der Waals surface area (Å²) in [7, 11) is 0. The summed E-state index contributed by atoms with van der Waals surface area (Å²) in [4.78, 5) is 19.5. The van der Waals surface area contributed by atoms with Crippen molar-refractivity contribution < 1.29 is 4.79 Å². The molecule has 0 spiro atoms. The molecular weight excluding hydrogens is 419 g/mol. The van der Waals surface area contributed by atoms with Gasteiger partial charge in [0, 0.05) is 35.8 Å². The zero-order valence-electron chi connectivity index (χ0n) is 17.1. The van der Waals surface area contributed by atoms with Crippen molar-refractivity contribution in [3.63, 3.8) is 0 Å². The van der Waals surface area contributed by atoms with E-state index in [1.165, 1.54) is 18.4 Å². The van der Waals surface area contributed by atoms with Gasteiger partial charge in [0.15, 0.2) is 0 Å². The van der Waals surface area contributed by atoms with Crippen LogP contribution in [0.15, 0.2) is 42.6 Å². The van der Waals surface area contributed by atoms with Gasteiger partial charge in [-0.25, -0.2) is 4.98 Å². The first-order chi connectivity index (χ1) is 14.0. The van der Waals surface area contributed by atoms with Gasteiger partial charge < -0.3 is 16.4 Å². The molecule has 2 saturated carbocycles. The van der Waals surface area contributed by atoms with Gasteiger partial charge in [-0.15, -0.1) is 12.4 Å². The summed E-state index contributed by atoms with van der Waals surface area (Å²) in [5.41, 5.74) is 13.7. The van der Waals surface area contributed by atoms with Crippen LogP contribution < -0.4 is 11.5 Å². The summed E-state index contributed by atoms with van der Waals surface area (Å²) in [6.45, 7) is 1.43. The van der Waals surface area contributed by atoms with E-state index in [1.807, 2.05) is 18.2 Å². The molecule has 5 nitrogen and oxygen atoms in total. The van der Waals surface area contributed by atoms with E-state index in [0.29, 0.717) is 23.8 Å². The Kier molecular flexibility index (Phi) is 7.27. The van der Waals surface area contributed by atoms with E-state index < -0.39 is 0 Å². The van der Waals surface area contributed by atoms with Crippen molar-refractivity contribution in [3.8, 4) is 0 Å². The topological polar surface area (TPSA) is 85.2 Å². The Morgan fingerprint density at radius 2 is 1.90 bits per heavy atom. The second-order valence-corrected chi connectivity index (χ2v) is 9.04. The number of amides is 1. The van der Waals surface area contributed by atoms with Crippen molar-refractivity contribution in [2.24, 2.45) is 11.7 Å². The second kappa shape index (κ2) is 9.54. The highest BCUT2D eigenvalue weighted by Crippen LogP contribution is 2.42. The summed E-state index contributed by atoms with van der Waals surface area (Å²) in [6.07, 6.45) is 7.84. The highest BCUT2D eigenvalue weighted by molar-refractivity contribution is 6.30. The minimum absolute atomic E-state index is 0. The van der Waals surface area contributed by atoms with Gasteiger partial charge in [0.25, 0.3) is 5.91 Å². The molecule has 162 valence electrons. The quantitative estimate of drug-likeness (QED) is 0.683. The van der Waals surface area contributed by atoms with Gasteiger partial charge in [0.05, 0.1) is 5.56 Å². The van der Waals surface area contributed by atoms with E-state index >= 15 is 0 Å². The maximum absolute atomic E-state index is 13.3. The van der Waals surface area contributed by atoms with Crippen LogP contribution in [-0.4, -0.2) is 34.9 Å². The fraction of sp³-hybridized carbons (Fsp3) is 0.478. The predicted octanol–water partition coefficient (Wildman–Crippen LogP) is 4.43. The van der Waals surface area contributed by atoms with Crippen molar-refractivity contribution in [1.29, 1.82) is 0 Å². The molecule has 7 heteroatoms. The molecule has 2 aromatic rings. The SMILES string of the molecule is Cl.NCC1(c2cccc(Cl)c2)CCC(N(CC2CC2)C(=O)c2ccc(N)nc2)CC1. The van der Waals surface area contributed by atoms with E-state index in [9.17, 15) is 4.79 Å². The monoisotopic (exact) mass is 448 g/mol. The largest absolute Gasteiger partial charge is 0.384 e. The molecule has 0 radical (unpaired) electrons. The van der Waals surface area contributed by atoms with Crippen LogP contribution in [0, 0.1) is 5.92 Å². The number of nitrogens with zero attached hydrogens (tertiary/aromatic N) is 2. The number of anilines is 1. The van der Waals surface area contributed by atoms with Crippen LogP contribution in [0.2, 0.25) is 5.02 Å². The Morgan fingerprint density at radius 1 is 1.17 bits per heavy atom. The number of rotatable bonds is 6. The lowest BCUT2D eigenvalue weighted by atomic mass is 9.68. The molecule has 2 aliphatic rings. The number of pyridine rings is 1. The molecule has 30 heavy (non-hydrogen) atoms. The third-order valence-corrected chi connectivity index (χ3v) is 6.86. The molecule has 4 rings (SSSR count). The lowest BCUT2D eigenvalue weighted by Crippen LogP contribution is -2.48.